The Morgan fingerprint density at radius 3 is 1.94 bits per heavy atom. The molecular weight excluding hydrogens is 508 g/mol. The lowest BCUT2D eigenvalue weighted by Gasteiger charge is -2.20. The van der Waals surface area contributed by atoms with Crippen molar-refractivity contribution >= 4 is 50.7 Å². The molecular formula is C28H17BrN2O4. The molecule has 0 unspecified atom stereocenters. The summed E-state index contributed by atoms with van der Waals surface area (Å²) in [5, 5.41) is 5.55. The maximum Gasteiger partial charge on any atom is 0.256 e. The molecule has 2 N–H and O–H groups in total. The first-order valence-corrected chi connectivity index (χ1v) is 11.5. The van der Waals surface area contributed by atoms with Gasteiger partial charge in [0.05, 0.1) is 16.8 Å². The third-order valence-electron chi connectivity index (χ3n) is 5.72. The maximum atomic E-state index is 13.1. The van der Waals surface area contributed by atoms with Gasteiger partial charge in [0.2, 0.25) is 0 Å². The predicted molar refractivity (Wildman–Crippen MR) is 136 cm³/mol. The zero-order valence-electron chi connectivity index (χ0n) is 18.2. The largest absolute Gasteiger partial charge is 0.322 e. The van der Waals surface area contributed by atoms with E-state index in [0.717, 1.165) is 0 Å². The summed E-state index contributed by atoms with van der Waals surface area (Å²) in [6.07, 6.45) is 0. The summed E-state index contributed by atoms with van der Waals surface area (Å²) in [7, 11) is 0. The molecule has 1 aliphatic carbocycles. The standard InChI is InChI=1S/C28H17BrN2O4/c29-22-10-4-3-8-20(22)28(35)30-17-14-12-16(13-15-17)27(34)31-23-11-5-9-21-24(23)26(33)19-7-2-1-6-18(19)25(21)32/h1-15H,(H,30,35)(H,31,34). The minimum absolute atomic E-state index is 0.182. The van der Waals surface area contributed by atoms with Gasteiger partial charge in [0.15, 0.2) is 11.6 Å². The van der Waals surface area contributed by atoms with Gasteiger partial charge in [-0.25, -0.2) is 0 Å². The van der Waals surface area contributed by atoms with Crippen LogP contribution in [0.2, 0.25) is 0 Å². The van der Waals surface area contributed by atoms with Crippen LogP contribution in [0.3, 0.4) is 0 Å². The molecule has 0 bridgehead atoms. The van der Waals surface area contributed by atoms with Gasteiger partial charge in [0.25, 0.3) is 11.8 Å². The lowest BCUT2D eigenvalue weighted by atomic mass is 9.83. The summed E-state index contributed by atoms with van der Waals surface area (Å²) in [4.78, 5) is 51.5. The number of amides is 2. The highest BCUT2D eigenvalue weighted by Gasteiger charge is 2.31. The Kier molecular flexibility index (Phi) is 5.84. The Labute approximate surface area is 209 Å². The number of nitrogens with one attached hydrogen (secondary N) is 2. The molecule has 0 saturated heterocycles. The fourth-order valence-electron chi connectivity index (χ4n) is 3.99. The van der Waals surface area contributed by atoms with Crippen LogP contribution in [0.5, 0.6) is 0 Å². The summed E-state index contributed by atoms with van der Waals surface area (Å²) in [6.45, 7) is 0. The number of rotatable bonds is 4. The van der Waals surface area contributed by atoms with E-state index in [2.05, 4.69) is 26.6 Å². The number of hydrogen-bond donors (Lipinski definition) is 2. The highest BCUT2D eigenvalue weighted by molar-refractivity contribution is 9.10. The first kappa shape index (κ1) is 22.4. The molecule has 7 heteroatoms. The zero-order chi connectivity index (χ0) is 24.5. The van der Waals surface area contributed by atoms with Crippen LogP contribution in [-0.2, 0) is 0 Å². The van der Waals surface area contributed by atoms with Crippen LogP contribution >= 0.6 is 15.9 Å². The molecule has 0 heterocycles. The second-order valence-corrected chi connectivity index (χ2v) is 8.75. The van der Waals surface area contributed by atoms with Crippen molar-refractivity contribution < 1.29 is 19.2 Å². The smallest absolute Gasteiger partial charge is 0.256 e. The molecule has 0 atom stereocenters. The van der Waals surface area contributed by atoms with Crippen molar-refractivity contribution in [2.24, 2.45) is 0 Å². The number of fused-ring (bicyclic) bond motifs is 2. The fourth-order valence-corrected chi connectivity index (χ4v) is 4.46. The fraction of sp³-hybridized carbons (Fsp3) is 0. The number of carbonyl (C=O) groups excluding carboxylic acids is 4. The second kappa shape index (κ2) is 9.12. The van der Waals surface area contributed by atoms with Crippen LogP contribution in [0, 0.1) is 0 Å². The minimum Gasteiger partial charge on any atom is -0.322 e. The van der Waals surface area contributed by atoms with Crippen molar-refractivity contribution in [3.8, 4) is 0 Å². The van der Waals surface area contributed by atoms with Crippen molar-refractivity contribution in [3.63, 3.8) is 0 Å². The van der Waals surface area contributed by atoms with Gasteiger partial charge in [0.1, 0.15) is 0 Å². The average molecular weight is 525 g/mol. The molecule has 35 heavy (non-hydrogen) atoms. The number of anilines is 2. The van der Waals surface area contributed by atoms with Gasteiger partial charge >= 0.3 is 0 Å². The summed E-state index contributed by atoms with van der Waals surface area (Å²) in [5.74, 6) is -1.29. The number of halogens is 1. The SMILES string of the molecule is O=C(Nc1cccc2c1C(=O)c1ccccc1C2=O)c1ccc(NC(=O)c2ccccc2Br)cc1. The second-order valence-electron chi connectivity index (χ2n) is 7.90. The maximum absolute atomic E-state index is 13.1. The Hall–Kier alpha value is -4.36. The quantitative estimate of drug-likeness (QED) is 0.314. The van der Waals surface area contributed by atoms with Crippen LogP contribution in [-0.4, -0.2) is 23.4 Å². The normalized spacial score (nSPS) is 11.9. The molecule has 4 aromatic rings. The minimum atomic E-state index is -0.443. The van der Waals surface area contributed by atoms with E-state index in [1.165, 1.54) is 0 Å². The topological polar surface area (TPSA) is 92.3 Å². The summed E-state index contributed by atoms with van der Waals surface area (Å²) in [5.41, 5.74) is 2.73. The molecule has 0 fully saturated rings. The Bertz CT molecular complexity index is 1530. The number of hydrogen-bond acceptors (Lipinski definition) is 4. The third kappa shape index (κ3) is 4.18. The third-order valence-corrected chi connectivity index (χ3v) is 6.42. The van der Waals surface area contributed by atoms with E-state index in [0.29, 0.717) is 32.4 Å². The zero-order valence-corrected chi connectivity index (χ0v) is 19.8. The summed E-state index contributed by atoms with van der Waals surface area (Å²) < 4.78 is 0.676. The van der Waals surface area contributed by atoms with Crippen molar-refractivity contribution in [3.05, 3.63) is 129 Å². The Morgan fingerprint density at radius 2 is 1.23 bits per heavy atom. The van der Waals surface area contributed by atoms with Gasteiger partial charge in [-0.2, -0.15) is 0 Å². The van der Waals surface area contributed by atoms with Crippen molar-refractivity contribution in [1.82, 2.24) is 0 Å². The molecule has 6 nitrogen and oxygen atoms in total. The summed E-state index contributed by atoms with van der Waals surface area (Å²) >= 11 is 3.36. The van der Waals surface area contributed by atoms with Gasteiger partial charge in [-0.15, -0.1) is 0 Å². The number of benzene rings is 4. The van der Waals surface area contributed by atoms with Crippen molar-refractivity contribution in [1.29, 1.82) is 0 Å². The molecule has 0 spiro atoms. The Balaban J connectivity index is 1.36. The average Bonchev–Trinajstić information content (AvgIpc) is 2.88. The van der Waals surface area contributed by atoms with Gasteiger partial charge < -0.3 is 10.6 Å². The van der Waals surface area contributed by atoms with E-state index < -0.39 is 5.91 Å². The lowest BCUT2D eigenvalue weighted by molar-refractivity contribution is 0.0978. The van der Waals surface area contributed by atoms with Crippen LogP contribution in [0.4, 0.5) is 11.4 Å². The Morgan fingerprint density at radius 1 is 0.600 bits per heavy atom. The molecule has 0 saturated carbocycles. The molecule has 5 rings (SSSR count). The van der Waals surface area contributed by atoms with Crippen LogP contribution in [0.1, 0.15) is 52.6 Å². The molecule has 2 amide bonds. The van der Waals surface area contributed by atoms with E-state index >= 15 is 0 Å². The van der Waals surface area contributed by atoms with E-state index in [4.69, 9.17) is 0 Å². The molecule has 170 valence electrons. The molecule has 4 aromatic carbocycles. The summed E-state index contributed by atoms with van der Waals surface area (Å²) in [6, 6.07) is 24.9. The number of carbonyl (C=O) groups is 4. The van der Waals surface area contributed by atoms with Crippen molar-refractivity contribution in [2.45, 2.75) is 0 Å². The molecule has 0 radical (unpaired) electrons. The monoisotopic (exact) mass is 524 g/mol. The van der Waals surface area contributed by atoms with Gasteiger partial charge in [-0.05, 0) is 58.4 Å². The first-order valence-electron chi connectivity index (χ1n) is 10.7. The highest BCUT2D eigenvalue weighted by Crippen LogP contribution is 2.32. The predicted octanol–water partition coefficient (Wildman–Crippen LogP) is 5.73. The molecule has 1 aliphatic rings. The van der Waals surface area contributed by atoms with Gasteiger partial charge in [-0.1, -0.05) is 48.5 Å². The molecule has 0 aliphatic heterocycles. The van der Waals surface area contributed by atoms with Crippen LogP contribution in [0.15, 0.2) is 95.5 Å². The van der Waals surface area contributed by atoms with Crippen LogP contribution < -0.4 is 10.6 Å². The number of ketones is 2. The van der Waals surface area contributed by atoms with E-state index in [-0.39, 0.29) is 34.3 Å². The van der Waals surface area contributed by atoms with E-state index in [1.54, 1.807) is 84.9 Å². The first-order chi connectivity index (χ1) is 16.9. The van der Waals surface area contributed by atoms with Gasteiger partial charge in [-0.3, -0.25) is 19.2 Å². The molecule has 0 aromatic heterocycles. The van der Waals surface area contributed by atoms with Crippen molar-refractivity contribution in [2.75, 3.05) is 10.6 Å². The highest BCUT2D eigenvalue weighted by atomic mass is 79.9. The lowest BCUT2D eigenvalue weighted by Crippen LogP contribution is -2.23. The van der Waals surface area contributed by atoms with E-state index in [1.807, 2.05) is 6.07 Å². The van der Waals surface area contributed by atoms with Gasteiger partial charge in [0, 0.05) is 32.4 Å². The van der Waals surface area contributed by atoms with Crippen LogP contribution in [0.25, 0.3) is 0 Å². The van der Waals surface area contributed by atoms with E-state index in [9.17, 15) is 19.2 Å².